The van der Waals surface area contributed by atoms with Crippen LogP contribution in [0.15, 0.2) is 12.1 Å². The van der Waals surface area contributed by atoms with Crippen LogP contribution >= 0.6 is 0 Å². The first-order valence-electron chi connectivity index (χ1n) is 6.86. The Morgan fingerprint density at radius 3 is 2.70 bits per heavy atom. The summed E-state index contributed by atoms with van der Waals surface area (Å²) in [6, 6.07) is 2.70. The third kappa shape index (κ3) is 2.71. The van der Waals surface area contributed by atoms with Gasteiger partial charge in [0.05, 0.1) is 18.4 Å². The summed E-state index contributed by atoms with van der Waals surface area (Å²) < 4.78 is 18.8. The number of hydrogen-bond acceptors (Lipinski definition) is 4. The van der Waals surface area contributed by atoms with E-state index < -0.39 is 11.8 Å². The molecule has 0 saturated carbocycles. The number of esters is 1. The summed E-state index contributed by atoms with van der Waals surface area (Å²) in [4.78, 5) is 13.6. The number of nitrogens with zero attached hydrogens (tertiary/aromatic N) is 1. The third-order valence-corrected chi connectivity index (χ3v) is 4.20. The van der Waals surface area contributed by atoms with E-state index in [0.29, 0.717) is 17.5 Å². The Hall–Kier alpha value is -1.78. The number of methoxy groups -OCH3 is 1. The zero-order chi connectivity index (χ0) is 14.9. The fourth-order valence-corrected chi connectivity index (χ4v) is 2.59. The number of hydrogen-bond donors (Lipinski definition) is 1. The number of carbonyl (C=O) groups excluding carboxylic acids is 1. The molecule has 2 unspecified atom stereocenters. The highest BCUT2D eigenvalue weighted by Crippen LogP contribution is 2.31. The van der Waals surface area contributed by atoms with Crippen LogP contribution in [0.5, 0.6) is 0 Å². The van der Waals surface area contributed by atoms with E-state index in [2.05, 4.69) is 18.6 Å². The highest BCUT2D eigenvalue weighted by molar-refractivity contribution is 5.96. The maximum absolute atomic E-state index is 14.1. The van der Waals surface area contributed by atoms with E-state index in [4.69, 9.17) is 5.73 Å². The number of ether oxygens (including phenoxy) is 1. The van der Waals surface area contributed by atoms with Crippen molar-refractivity contribution in [2.75, 3.05) is 30.8 Å². The molecule has 1 saturated heterocycles. The van der Waals surface area contributed by atoms with E-state index in [0.717, 1.165) is 19.5 Å². The van der Waals surface area contributed by atoms with E-state index in [1.807, 2.05) is 4.90 Å². The van der Waals surface area contributed by atoms with Gasteiger partial charge in [-0.1, -0.05) is 13.8 Å². The minimum atomic E-state index is -0.540. The Bertz CT molecular complexity index is 519. The molecule has 1 aliphatic heterocycles. The topological polar surface area (TPSA) is 55.6 Å². The van der Waals surface area contributed by atoms with Crippen LogP contribution in [0.3, 0.4) is 0 Å². The normalized spacial score (nSPS) is 22.7. The van der Waals surface area contributed by atoms with Crippen molar-refractivity contribution in [2.45, 2.75) is 20.3 Å². The van der Waals surface area contributed by atoms with Crippen molar-refractivity contribution in [1.29, 1.82) is 0 Å². The van der Waals surface area contributed by atoms with Gasteiger partial charge in [-0.15, -0.1) is 0 Å². The Morgan fingerprint density at radius 2 is 2.10 bits per heavy atom. The third-order valence-electron chi connectivity index (χ3n) is 4.20. The Balaban J connectivity index is 2.34. The van der Waals surface area contributed by atoms with Crippen LogP contribution in [0.4, 0.5) is 15.8 Å². The molecule has 110 valence electrons. The molecule has 1 heterocycles. The van der Waals surface area contributed by atoms with Gasteiger partial charge in [-0.2, -0.15) is 0 Å². The zero-order valence-corrected chi connectivity index (χ0v) is 12.1. The van der Waals surface area contributed by atoms with Gasteiger partial charge in [-0.25, -0.2) is 9.18 Å². The molecular weight excluding hydrogens is 259 g/mol. The maximum atomic E-state index is 14.1. The van der Waals surface area contributed by atoms with Crippen LogP contribution in [0.2, 0.25) is 0 Å². The fourth-order valence-electron chi connectivity index (χ4n) is 2.59. The molecule has 20 heavy (non-hydrogen) atoms. The highest BCUT2D eigenvalue weighted by atomic mass is 19.1. The Labute approximate surface area is 118 Å². The van der Waals surface area contributed by atoms with E-state index >= 15 is 0 Å². The number of halogens is 1. The zero-order valence-electron chi connectivity index (χ0n) is 12.1. The van der Waals surface area contributed by atoms with E-state index in [1.54, 1.807) is 0 Å². The van der Waals surface area contributed by atoms with Crippen LogP contribution in [0.25, 0.3) is 0 Å². The predicted octanol–water partition coefficient (Wildman–Crippen LogP) is 2.68. The standard InChI is InChI=1S/C15H21FN2O2/c1-9-4-5-18(8-10(9)2)14-6-11(15(19)20-3)13(17)7-12(14)16/h6-7,9-10H,4-5,8,17H2,1-3H3. The smallest absolute Gasteiger partial charge is 0.340 e. The molecular formula is C15H21FN2O2. The predicted molar refractivity (Wildman–Crippen MR) is 77.3 cm³/mol. The number of rotatable bonds is 2. The molecule has 0 spiro atoms. The van der Waals surface area contributed by atoms with E-state index in [-0.39, 0.29) is 11.3 Å². The number of nitrogen functional groups attached to an aromatic ring is 1. The first-order valence-corrected chi connectivity index (χ1v) is 6.86. The first kappa shape index (κ1) is 14.6. The minimum Gasteiger partial charge on any atom is -0.465 e. The molecule has 1 fully saturated rings. The second-order valence-electron chi connectivity index (χ2n) is 5.57. The lowest BCUT2D eigenvalue weighted by Crippen LogP contribution is -2.39. The van der Waals surface area contributed by atoms with Gasteiger partial charge in [-0.05, 0) is 30.4 Å². The van der Waals surface area contributed by atoms with Gasteiger partial charge < -0.3 is 15.4 Å². The van der Waals surface area contributed by atoms with Crippen LogP contribution in [-0.4, -0.2) is 26.2 Å². The average Bonchev–Trinajstić information content (AvgIpc) is 2.41. The van der Waals surface area contributed by atoms with Crippen molar-refractivity contribution in [3.63, 3.8) is 0 Å². The molecule has 0 aromatic heterocycles. The number of anilines is 2. The van der Waals surface area contributed by atoms with Crippen LogP contribution < -0.4 is 10.6 Å². The summed E-state index contributed by atoms with van der Waals surface area (Å²) in [7, 11) is 1.29. The molecule has 0 radical (unpaired) electrons. The van der Waals surface area contributed by atoms with Gasteiger partial charge in [0.1, 0.15) is 5.82 Å². The van der Waals surface area contributed by atoms with Gasteiger partial charge in [0.25, 0.3) is 0 Å². The Kier molecular flexibility index (Phi) is 4.16. The van der Waals surface area contributed by atoms with Crippen molar-refractivity contribution in [1.82, 2.24) is 0 Å². The molecule has 2 N–H and O–H groups in total. The van der Waals surface area contributed by atoms with Gasteiger partial charge in [0.15, 0.2) is 0 Å². The molecule has 0 aliphatic carbocycles. The molecule has 4 nitrogen and oxygen atoms in total. The summed E-state index contributed by atoms with van der Waals surface area (Å²) >= 11 is 0. The fraction of sp³-hybridized carbons (Fsp3) is 0.533. The van der Waals surface area contributed by atoms with Crippen LogP contribution in [-0.2, 0) is 4.74 Å². The quantitative estimate of drug-likeness (QED) is 0.668. The van der Waals surface area contributed by atoms with Gasteiger partial charge in [0.2, 0.25) is 0 Å². The van der Waals surface area contributed by atoms with Gasteiger partial charge >= 0.3 is 5.97 Å². The summed E-state index contributed by atoms with van der Waals surface area (Å²) in [5.41, 5.74) is 6.44. The number of nitrogens with two attached hydrogens (primary N) is 1. The second-order valence-corrected chi connectivity index (χ2v) is 5.57. The van der Waals surface area contributed by atoms with Crippen LogP contribution in [0, 0.1) is 17.7 Å². The lowest BCUT2D eigenvalue weighted by Gasteiger charge is -2.37. The van der Waals surface area contributed by atoms with Crippen molar-refractivity contribution in [3.8, 4) is 0 Å². The molecule has 0 bridgehead atoms. The van der Waals surface area contributed by atoms with Crippen molar-refractivity contribution < 1.29 is 13.9 Å². The molecule has 1 aromatic carbocycles. The second kappa shape index (κ2) is 5.69. The molecule has 1 aromatic rings. The lowest BCUT2D eigenvalue weighted by molar-refractivity contribution is 0.0602. The van der Waals surface area contributed by atoms with Gasteiger partial charge in [0, 0.05) is 18.8 Å². The maximum Gasteiger partial charge on any atom is 0.340 e. The molecule has 5 heteroatoms. The largest absolute Gasteiger partial charge is 0.465 e. The minimum absolute atomic E-state index is 0.108. The Morgan fingerprint density at radius 1 is 1.40 bits per heavy atom. The summed E-state index contributed by atoms with van der Waals surface area (Å²) in [5.74, 6) is 0.185. The van der Waals surface area contributed by atoms with Crippen molar-refractivity contribution >= 4 is 17.3 Å². The monoisotopic (exact) mass is 280 g/mol. The van der Waals surface area contributed by atoms with E-state index in [1.165, 1.54) is 19.2 Å². The van der Waals surface area contributed by atoms with Crippen LogP contribution in [0.1, 0.15) is 30.6 Å². The first-order chi connectivity index (χ1) is 9.43. The molecule has 1 aliphatic rings. The SMILES string of the molecule is COC(=O)c1cc(N2CCC(C)C(C)C2)c(F)cc1N. The lowest BCUT2D eigenvalue weighted by atomic mass is 9.88. The molecule has 0 amide bonds. The molecule has 2 atom stereocenters. The number of benzene rings is 1. The van der Waals surface area contributed by atoms with Crippen molar-refractivity contribution in [3.05, 3.63) is 23.5 Å². The summed E-state index contributed by atoms with van der Waals surface area (Å²) in [6.07, 6.45) is 1.01. The summed E-state index contributed by atoms with van der Waals surface area (Å²) in [6.45, 7) is 5.93. The highest BCUT2D eigenvalue weighted by Gasteiger charge is 2.26. The van der Waals surface area contributed by atoms with Crippen molar-refractivity contribution in [2.24, 2.45) is 11.8 Å². The number of piperidine rings is 1. The number of carbonyl (C=O) groups is 1. The molecule has 2 rings (SSSR count). The summed E-state index contributed by atoms with van der Waals surface area (Å²) in [5, 5.41) is 0. The average molecular weight is 280 g/mol. The van der Waals surface area contributed by atoms with E-state index in [9.17, 15) is 9.18 Å². The van der Waals surface area contributed by atoms with Gasteiger partial charge in [-0.3, -0.25) is 0 Å².